The fourth-order valence-electron chi connectivity index (χ4n) is 4.20. The smallest absolute Gasteiger partial charge is 0.306 e. The highest BCUT2D eigenvalue weighted by atomic mass is 16.4. The van der Waals surface area contributed by atoms with E-state index in [4.69, 9.17) is 15.9 Å². The van der Waals surface area contributed by atoms with E-state index in [1.165, 1.54) is 5.56 Å². The number of hydrogen-bond donors (Lipinski definition) is 5. The third-order valence-electron chi connectivity index (χ3n) is 6.50. The topological polar surface area (TPSA) is 133 Å². The second-order valence-corrected chi connectivity index (χ2v) is 9.24. The van der Waals surface area contributed by atoms with Crippen LogP contribution in [0.1, 0.15) is 62.5 Å². The third kappa shape index (κ3) is 11.5. The van der Waals surface area contributed by atoms with Gasteiger partial charge in [0.2, 0.25) is 5.91 Å². The van der Waals surface area contributed by atoms with Crippen LogP contribution in [-0.2, 0) is 22.7 Å². The lowest BCUT2D eigenvalue weighted by molar-refractivity contribution is -0.143. The number of carboxylic acids is 1. The number of aliphatic hydroxyl groups is 2. The molecule has 0 bridgehead atoms. The van der Waals surface area contributed by atoms with E-state index in [9.17, 15) is 14.7 Å². The number of amides is 1. The zero-order valence-corrected chi connectivity index (χ0v) is 20.4. The molecule has 0 atom stereocenters. The largest absolute Gasteiger partial charge is 0.481 e. The Kier molecular flexibility index (Phi) is 13.0. The van der Waals surface area contributed by atoms with E-state index in [2.05, 4.69) is 5.32 Å². The number of carbonyl (C=O) groups excluding carboxylic acids is 1. The third-order valence-corrected chi connectivity index (χ3v) is 6.50. The van der Waals surface area contributed by atoms with Crippen LogP contribution in [0.2, 0.25) is 0 Å². The molecule has 2 aromatic carbocycles. The molecule has 192 valence electrons. The Hall–Kier alpha value is -2.74. The molecule has 7 heteroatoms. The van der Waals surface area contributed by atoms with Gasteiger partial charge in [-0.1, -0.05) is 60.7 Å². The normalized spacial score (nSPS) is 23.5. The van der Waals surface area contributed by atoms with Gasteiger partial charge in [-0.3, -0.25) is 9.59 Å². The van der Waals surface area contributed by atoms with Gasteiger partial charge < -0.3 is 26.4 Å². The minimum absolute atomic E-state index is 0.0853. The van der Waals surface area contributed by atoms with Crippen molar-refractivity contribution in [2.75, 3.05) is 0 Å². The summed E-state index contributed by atoms with van der Waals surface area (Å²) >= 11 is 0. The van der Waals surface area contributed by atoms with Crippen molar-refractivity contribution >= 4 is 11.9 Å². The number of carbonyl (C=O) groups is 2. The Morgan fingerprint density at radius 1 is 0.714 bits per heavy atom. The van der Waals surface area contributed by atoms with Crippen LogP contribution in [0.15, 0.2) is 60.7 Å². The molecule has 2 fully saturated rings. The lowest BCUT2D eigenvalue weighted by atomic mass is 9.87. The van der Waals surface area contributed by atoms with Crippen LogP contribution in [-0.4, -0.2) is 39.4 Å². The number of carboxylic acid groups (broad SMARTS) is 1. The summed E-state index contributed by atoms with van der Waals surface area (Å²) in [5, 5.41) is 29.9. The van der Waals surface area contributed by atoms with E-state index in [1.54, 1.807) is 0 Å². The monoisotopic (exact) mass is 484 g/mol. The van der Waals surface area contributed by atoms with E-state index < -0.39 is 5.97 Å². The first-order valence-corrected chi connectivity index (χ1v) is 12.5. The summed E-state index contributed by atoms with van der Waals surface area (Å²) in [4.78, 5) is 22.3. The molecule has 4 rings (SSSR count). The van der Waals surface area contributed by atoms with Crippen molar-refractivity contribution in [3.63, 3.8) is 0 Å². The number of nitrogens with one attached hydrogen (secondary N) is 1. The van der Waals surface area contributed by atoms with Crippen LogP contribution in [0.4, 0.5) is 0 Å². The fraction of sp³-hybridized carbons (Fsp3) is 0.500. The van der Waals surface area contributed by atoms with Crippen molar-refractivity contribution < 1.29 is 24.9 Å². The maximum absolute atomic E-state index is 11.9. The van der Waals surface area contributed by atoms with Gasteiger partial charge in [0.1, 0.15) is 0 Å². The van der Waals surface area contributed by atoms with E-state index >= 15 is 0 Å². The van der Waals surface area contributed by atoms with E-state index in [0.29, 0.717) is 38.8 Å². The highest BCUT2D eigenvalue weighted by molar-refractivity contribution is 5.78. The second kappa shape index (κ2) is 16.0. The zero-order valence-electron chi connectivity index (χ0n) is 20.4. The standard InChI is InChI=1S/C14H19NO2.C7H9N.C7H12O3/c16-13-8-6-12(7-9-13)14(17)15-10-11-4-2-1-3-5-11;8-6-7-4-2-1-3-5-7;8-6-3-1-5(2-4-6)7(9)10/h1-5,12-13,16H,6-10H2,(H,15,17);1-5H,6,8H2;5-6,8H,1-4H2,(H,9,10). The van der Waals surface area contributed by atoms with Gasteiger partial charge in [-0.15, -0.1) is 0 Å². The average molecular weight is 485 g/mol. The number of aliphatic carboxylic acids is 1. The predicted octanol–water partition coefficient (Wildman–Crippen LogP) is 3.62. The first kappa shape index (κ1) is 28.5. The number of rotatable bonds is 5. The van der Waals surface area contributed by atoms with Crippen LogP contribution in [0.25, 0.3) is 0 Å². The molecule has 2 saturated carbocycles. The summed E-state index contributed by atoms with van der Waals surface area (Å²) < 4.78 is 0. The Morgan fingerprint density at radius 3 is 1.54 bits per heavy atom. The number of hydrogen-bond acceptors (Lipinski definition) is 5. The Morgan fingerprint density at radius 2 is 1.14 bits per heavy atom. The molecule has 6 N–H and O–H groups in total. The molecule has 0 aliphatic heterocycles. The maximum atomic E-state index is 11.9. The Labute approximate surface area is 208 Å². The molecule has 35 heavy (non-hydrogen) atoms. The summed E-state index contributed by atoms with van der Waals surface area (Å²) in [5.74, 6) is -0.710. The van der Waals surface area contributed by atoms with E-state index in [1.807, 2.05) is 60.7 Å². The lowest BCUT2D eigenvalue weighted by Crippen LogP contribution is -2.33. The van der Waals surface area contributed by atoms with Gasteiger partial charge in [-0.2, -0.15) is 0 Å². The fourth-order valence-corrected chi connectivity index (χ4v) is 4.20. The highest BCUT2D eigenvalue weighted by Gasteiger charge is 2.25. The van der Waals surface area contributed by atoms with Crippen LogP contribution in [0.3, 0.4) is 0 Å². The molecule has 2 aromatic rings. The predicted molar refractivity (Wildman–Crippen MR) is 136 cm³/mol. The van der Waals surface area contributed by atoms with Crippen LogP contribution in [0.5, 0.6) is 0 Å². The van der Waals surface area contributed by atoms with E-state index in [-0.39, 0.29) is 30.0 Å². The van der Waals surface area contributed by atoms with Crippen LogP contribution in [0, 0.1) is 11.8 Å². The Balaban J connectivity index is 0.000000204. The first-order chi connectivity index (χ1) is 16.9. The minimum Gasteiger partial charge on any atom is -0.481 e. The summed E-state index contributed by atoms with van der Waals surface area (Å²) in [5.41, 5.74) is 7.66. The molecule has 0 heterocycles. The summed E-state index contributed by atoms with van der Waals surface area (Å²) in [6, 6.07) is 19.9. The minimum atomic E-state index is -0.716. The molecule has 2 aliphatic rings. The van der Waals surface area contributed by atoms with Crippen LogP contribution < -0.4 is 11.1 Å². The average Bonchev–Trinajstić information content (AvgIpc) is 2.90. The molecule has 0 unspecified atom stereocenters. The van der Waals surface area contributed by atoms with Crippen LogP contribution >= 0.6 is 0 Å². The van der Waals surface area contributed by atoms with Crippen molar-refractivity contribution in [1.29, 1.82) is 0 Å². The molecule has 2 aliphatic carbocycles. The SMILES string of the molecule is NCc1ccccc1.O=C(NCc1ccccc1)C1CCC(O)CC1.O=C(O)C1CCC(O)CC1. The molecular weight excluding hydrogens is 444 g/mol. The number of aliphatic hydroxyl groups excluding tert-OH is 2. The maximum Gasteiger partial charge on any atom is 0.306 e. The summed E-state index contributed by atoms with van der Waals surface area (Å²) in [7, 11) is 0. The van der Waals surface area contributed by atoms with Gasteiger partial charge >= 0.3 is 5.97 Å². The summed E-state index contributed by atoms with van der Waals surface area (Å²) in [6.07, 6.45) is 5.24. The van der Waals surface area contributed by atoms with Gasteiger partial charge in [-0.25, -0.2) is 0 Å². The van der Waals surface area contributed by atoms with Gasteiger partial charge in [0.25, 0.3) is 0 Å². The van der Waals surface area contributed by atoms with Crippen molar-refractivity contribution in [3.05, 3.63) is 71.8 Å². The van der Waals surface area contributed by atoms with E-state index in [0.717, 1.165) is 31.2 Å². The van der Waals surface area contributed by atoms with Gasteiger partial charge in [-0.05, 0) is 62.5 Å². The first-order valence-electron chi connectivity index (χ1n) is 12.5. The van der Waals surface area contributed by atoms with Crippen molar-refractivity contribution in [1.82, 2.24) is 5.32 Å². The zero-order chi connectivity index (χ0) is 25.5. The van der Waals surface area contributed by atoms with Crippen molar-refractivity contribution in [2.45, 2.75) is 76.7 Å². The van der Waals surface area contributed by atoms with Gasteiger partial charge in [0.15, 0.2) is 0 Å². The molecular formula is C28H40N2O5. The summed E-state index contributed by atoms with van der Waals surface area (Å²) in [6.45, 7) is 1.24. The molecule has 1 amide bonds. The Bertz CT molecular complexity index is 846. The molecule has 0 aromatic heterocycles. The quantitative estimate of drug-likeness (QED) is 0.440. The molecule has 0 radical (unpaired) electrons. The van der Waals surface area contributed by atoms with Crippen molar-refractivity contribution in [2.24, 2.45) is 17.6 Å². The lowest BCUT2D eigenvalue weighted by Gasteiger charge is -2.24. The van der Waals surface area contributed by atoms with Crippen molar-refractivity contribution in [3.8, 4) is 0 Å². The van der Waals surface area contributed by atoms with Gasteiger partial charge in [0.05, 0.1) is 18.1 Å². The molecule has 0 spiro atoms. The number of nitrogens with two attached hydrogens (primary N) is 1. The second-order valence-electron chi connectivity index (χ2n) is 9.24. The highest BCUT2D eigenvalue weighted by Crippen LogP contribution is 2.24. The number of benzene rings is 2. The molecule has 7 nitrogen and oxygen atoms in total. The van der Waals surface area contributed by atoms with Gasteiger partial charge in [0, 0.05) is 19.0 Å². The molecule has 0 saturated heterocycles.